The van der Waals surface area contributed by atoms with Crippen LogP contribution in [0.2, 0.25) is 0 Å². The molecule has 0 saturated heterocycles. The first-order chi connectivity index (χ1) is 7.33. The SMILES string of the molecule is COCCOCCC(N)Cc1ccoc1. The molecule has 15 heavy (non-hydrogen) atoms. The first kappa shape index (κ1) is 12.2. The summed E-state index contributed by atoms with van der Waals surface area (Å²) in [5, 5.41) is 0. The van der Waals surface area contributed by atoms with Crippen molar-refractivity contribution in [1.29, 1.82) is 0 Å². The fraction of sp³-hybridized carbons (Fsp3) is 0.636. The maximum atomic E-state index is 5.93. The van der Waals surface area contributed by atoms with E-state index >= 15 is 0 Å². The van der Waals surface area contributed by atoms with Crippen molar-refractivity contribution in [2.45, 2.75) is 18.9 Å². The van der Waals surface area contributed by atoms with E-state index in [0.29, 0.717) is 19.8 Å². The highest BCUT2D eigenvalue weighted by molar-refractivity contribution is 5.06. The third-order valence-electron chi connectivity index (χ3n) is 2.14. The zero-order chi connectivity index (χ0) is 10.9. The van der Waals surface area contributed by atoms with Crippen LogP contribution in [0.3, 0.4) is 0 Å². The Hall–Kier alpha value is -0.840. The number of methoxy groups -OCH3 is 1. The van der Waals surface area contributed by atoms with Crippen LogP contribution in [0.25, 0.3) is 0 Å². The Morgan fingerprint density at radius 3 is 2.93 bits per heavy atom. The molecule has 1 aromatic heterocycles. The second-order valence-corrected chi connectivity index (χ2v) is 3.49. The average molecular weight is 213 g/mol. The fourth-order valence-corrected chi connectivity index (χ4v) is 1.29. The van der Waals surface area contributed by atoms with Gasteiger partial charge in [-0.1, -0.05) is 0 Å². The molecule has 0 bridgehead atoms. The van der Waals surface area contributed by atoms with Gasteiger partial charge in [0.05, 0.1) is 25.7 Å². The van der Waals surface area contributed by atoms with Crippen molar-refractivity contribution in [2.75, 3.05) is 26.9 Å². The molecule has 1 unspecified atom stereocenters. The van der Waals surface area contributed by atoms with Gasteiger partial charge in [0.15, 0.2) is 0 Å². The lowest BCUT2D eigenvalue weighted by molar-refractivity contribution is 0.0672. The molecule has 1 atom stereocenters. The van der Waals surface area contributed by atoms with E-state index in [1.807, 2.05) is 6.07 Å². The van der Waals surface area contributed by atoms with E-state index in [-0.39, 0.29) is 6.04 Å². The Bertz CT molecular complexity index is 236. The quantitative estimate of drug-likeness (QED) is 0.659. The number of hydrogen-bond donors (Lipinski definition) is 1. The van der Waals surface area contributed by atoms with Crippen LogP contribution in [0.5, 0.6) is 0 Å². The molecule has 0 aliphatic rings. The molecule has 2 N–H and O–H groups in total. The van der Waals surface area contributed by atoms with Gasteiger partial charge in [-0.3, -0.25) is 0 Å². The Kier molecular flexibility index (Phi) is 6.08. The zero-order valence-corrected chi connectivity index (χ0v) is 9.15. The largest absolute Gasteiger partial charge is 0.472 e. The van der Waals surface area contributed by atoms with Gasteiger partial charge in [0.25, 0.3) is 0 Å². The Balaban J connectivity index is 2.01. The third-order valence-corrected chi connectivity index (χ3v) is 2.14. The highest BCUT2D eigenvalue weighted by Crippen LogP contribution is 2.04. The summed E-state index contributed by atoms with van der Waals surface area (Å²) in [5.41, 5.74) is 7.07. The minimum absolute atomic E-state index is 0.130. The summed E-state index contributed by atoms with van der Waals surface area (Å²) >= 11 is 0. The highest BCUT2D eigenvalue weighted by atomic mass is 16.5. The van der Waals surface area contributed by atoms with Gasteiger partial charge >= 0.3 is 0 Å². The molecule has 1 heterocycles. The molecule has 1 aromatic rings. The lowest BCUT2D eigenvalue weighted by atomic mass is 10.1. The molecule has 4 heteroatoms. The van der Waals surface area contributed by atoms with Gasteiger partial charge in [-0.05, 0) is 24.5 Å². The maximum absolute atomic E-state index is 5.93. The molecule has 0 spiro atoms. The number of furan rings is 1. The van der Waals surface area contributed by atoms with E-state index in [2.05, 4.69) is 0 Å². The van der Waals surface area contributed by atoms with E-state index in [0.717, 1.165) is 18.4 Å². The molecule has 0 fully saturated rings. The topological polar surface area (TPSA) is 57.6 Å². The number of rotatable bonds is 8. The summed E-state index contributed by atoms with van der Waals surface area (Å²) < 4.78 is 15.2. The number of ether oxygens (including phenoxy) is 2. The van der Waals surface area contributed by atoms with Crippen LogP contribution >= 0.6 is 0 Å². The van der Waals surface area contributed by atoms with Gasteiger partial charge in [-0.25, -0.2) is 0 Å². The van der Waals surface area contributed by atoms with Crippen LogP contribution in [0.1, 0.15) is 12.0 Å². The Morgan fingerprint density at radius 1 is 1.40 bits per heavy atom. The van der Waals surface area contributed by atoms with Crippen molar-refractivity contribution in [1.82, 2.24) is 0 Å². The minimum atomic E-state index is 0.130. The van der Waals surface area contributed by atoms with Crippen molar-refractivity contribution >= 4 is 0 Å². The number of nitrogens with two attached hydrogens (primary N) is 1. The van der Waals surface area contributed by atoms with Gasteiger partial charge in [0.2, 0.25) is 0 Å². The molecule has 4 nitrogen and oxygen atoms in total. The predicted octanol–water partition coefficient (Wildman–Crippen LogP) is 1.20. The van der Waals surface area contributed by atoms with Gasteiger partial charge in [-0.15, -0.1) is 0 Å². The molecular weight excluding hydrogens is 194 g/mol. The first-order valence-corrected chi connectivity index (χ1v) is 5.16. The second-order valence-electron chi connectivity index (χ2n) is 3.49. The van der Waals surface area contributed by atoms with Crippen molar-refractivity contribution < 1.29 is 13.9 Å². The molecule has 0 aromatic carbocycles. The van der Waals surface area contributed by atoms with Crippen LogP contribution < -0.4 is 5.73 Å². The molecule has 0 radical (unpaired) electrons. The normalized spacial score (nSPS) is 12.9. The third kappa shape index (κ3) is 5.57. The van der Waals surface area contributed by atoms with Gasteiger partial charge < -0.3 is 19.6 Å². The van der Waals surface area contributed by atoms with Crippen LogP contribution in [-0.2, 0) is 15.9 Å². The van der Waals surface area contributed by atoms with Crippen molar-refractivity contribution in [2.24, 2.45) is 5.73 Å². The lowest BCUT2D eigenvalue weighted by Gasteiger charge is -2.10. The summed E-state index contributed by atoms with van der Waals surface area (Å²) in [5.74, 6) is 0. The van der Waals surface area contributed by atoms with Crippen molar-refractivity contribution in [3.05, 3.63) is 24.2 Å². The molecular formula is C11H19NO3. The number of hydrogen-bond acceptors (Lipinski definition) is 4. The van der Waals surface area contributed by atoms with Crippen molar-refractivity contribution in [3.63, 3.8) is 0 Å². The maximum Gasteiger partial charge on any atom is 0.0935 e. The average Bonchev–Trinajstić information content (AvgIpc) is 2.70. The summed E-state index contributed by atoms with van der Waals surface area (Å²) in [7, 11) is 1.66. The molecule has 0 saturated carbocycles. The predicted molar refractivity (Wildman–Crippen MR) is 57.7 cm³/mol. The smallest absolute Gasteiger partial charge is 0.0935 e. The van der Waals surface area contributed by atoms with Gasteiger partial charge in [0.1, 0.15) is 0 Å². The highest BCUT2D eigenvalue weighted by Gasteiger charge is 2.04. The van der Waals surface area contributed by atoms with E-state index < -0.39 is 0 Å². The minimum Gasteiger partial charge on any atom is -0.472 e. The Morgan fingerprint density at radius 2 is 2.27 bits per heavy atom. The summed E-state index contributed by atoms with van der Waals surface area (Å²) in [6.45, 7) is 1.95. The summed E-state index contributed by atoms with van der Waals surface area (Å²) in [6, 6.07) is 2.07. The first-order valence-electron chi connectivity index (χ1n) is 5.16. The molecule has 86 valence electrons. The monoisotopic (exact) mass is 213 g/mol. The van der Waals surface area contributed by atoms with Gasteiger partial charge in [-0.2, -0.15) is 0 Å². The van der Waals surface area contributed by atoms with E-state index in [1.54, 1.807) is 19.6 Å². The summed E-state index contributed by atoms with van der Waals surface area (Å²) in [4.78, 5) is 0. The standard InChI is InChI=1S/C11H19NO3/c1-13-6-7-14-5-3-11(12)8-10-2-4-15-9-10/h2,4,9,11H,3,5-8,12H2,1H3. The fourth-order valence-electron chi connectivity index (χ4n) is 1.29. The van der Waals surface area contributed by atoms with Crippen LogP contribution in [0.15, 0.2) is 23.0 Å². The van der Waals surface area contributed by atoms with E-state index in [4.69, 9.17) is 19.6 Å². The van der Waals surface area contributed by atoms with E-state index in [1.165, 1.54) is 0 Å². The van der Waals surface area contributed by atoms with Crippen molar-refractivity contribution in [3.8, 4) is 0 Å². The molecule has 0 aliphatic carbocycles. The lowest BCUT2D eigenvalue weighted by Crippen LogP contribution is -2.24. The summed E-state index contributed by atoms with van der Waals surface area (Å²) in [6.07, 6.45) is 5.09. The molecule has 1 rings (SSSR count). The second kappa shape index (κ2) is 7.45. The van der Waals surface area contributed by atoms with Gasteiger partial charge in [0, 0.05) is 19.8 Å². The van der Waals surface area contributed by atoms with Crippen LogP contribution in [-0.4, -0.2) is 33.0 Å². The zero-order valence-electron chi connectivity index (χ0n) is 9.15. The molecule has 0 amide bonds. The Labute approximate surface area is 90.3 Å². The van der Waals surface area contributed by atoms with Crippen LogP contribution in [0.4, 0.5) is 0 Å². The van der Waals surface area contributed by atoms with E-state index in [9.17, 15) is 0 Å². The van der Waals surface area contributed by atoms with Crippen LogP contribution in [0, 0.1) is 0 Å². The molecule has 0 aliphatic heterocycles.